The number of nitrogens with one attached hydrogen (secondary N) is 2. The Morgan fingerprint density at radius 1 is 1.17 bits per heavy atom. The van der Waals surface area contributed by atoms with Gasteiger partial charge in [-0.1, -0.05) is 6.07 Å². The van der Waals surface area contributed by atoms with Gasteiger partial charge in [0, 0.05) is 25.6 Å². The maximum atomic E-state index is 12.4. The zero-order valence-corrected chi connectivity index (χ0v) is 16.0. The van der Waals surface area contributed by atoms with Crippen molar-refractivity contribution < 1.29 is 23.9 Å². The van der Waals surface area contributed by atoms with Crippen molar-refractivity contribution in [2.45, 2.75) is 26.0 Å². The molecule has 2 aromatic rings. The van der Waals surface area contributed by atoms with E-state index in [4.69, 9.17) is 9.47 Å². The van der Waals surface area contributed by atoms with Crippen molar-refractivity contribution in [3.05, 3.63) is 36.5 Å². The number of rotatable bonds is 4. The second-order valence-electron chi connectivity index (χ2n) is 6.90. The minimum atomic E-state index is -0.468. The van der Waals surface area contributed by atoms with Crippen molar-refractivity contribution in [1.29, 1.82) is 0 Å². The van der Waals surface area contributed by atoms with Crippen molar-refractivity contribution in [2.24, 2.45) is 0 Å². The fourth-order valence-electron chi connectivity index (χ4n) is 3.45. The van der Waals surface area contributed by atoms with E-state index in [1.807, 2.05) is 18.2 Å². The van der Waals surface area contributed by atoms with Crippen LogP contribution < -0.4 is 20.3 Å². The van der Waals surface area contributed by atoms with Gasteiger partial charge in [0.25, 0.3) is 0 Å². The van der Waals surface area contributed by atoms with Crippen molar-refractivity contribution in [3.8, 4) is 16.9 Å². The molecule has 0 bridgehead atoms. The second-order valence-corrected chi connectivity index (χ2v) is 6.90. The Balaban J connectivity index is 1.56. The number of carbonyl (C=O) groups excluding carboxylic acids is 3. The number of cyclic esters (lactones) is 1. The summed E-state index contributed by atoms with van der Waals surface area (Å²) in [5.74, 6) is 0.681. The van der Waals surface area contributed by atoms with Gasteiger partial charge in [0.2, 0.25) is 11.8 Å². The lowest BCUT2D eigenvalue weighted by Gasteiger charge is -2.31. The van der Waals surface area contributed by atoms with Gasteiger partial charge in [-0.25, -0.2) is 9.78 Å². The van der Waals surface area contributed by atoms with Gasteiger partial charge in [-0.05, 0) is 29.8 Å². The van der Waals surface area contributed by atoms with Crippen LogP contribution in [0.1, 0.15) is 13.8 Å². The maximum absolute atomic E-state index is 12.4. The first-order chi connectivity index (χ1) is 13.9. The molecule has 2 atom stereocenters. The summed E-state index contributed by atoms with van der Waals surface area (Å²) < 4.78 is 11.3. The quantitative estimate of drug-likeness (QED) is 0.817. The van der Waals surface area contributed by atoms with E-state index in [9.17, 15) is 14.4 Å². The summed E-state index contributed by atoms with van der Waals surface area (Å²) in [6.07, 6.45) is 0.736. The number of nitrogens with zero attached hydrogens (tertiary/aromatic N) is 2. The summed E-state index contributed by atoms with van der Waals surface area (Å²) in [5.41, 5.74) is 2.34. The SMILES string of the molecule is CC(=O)NC[C@@H]1OC(=O)N2c3ccc(-c4ccc(NC(C)=O)nc4)cc3OC[C@@H]12. The molecule has 1 aromatic heterocycles. The van der Waals surface area contributed by atoms with Crippen LogP contribution in [0, 0.1) is 0 Å². The molecule has 2 aliphatic heterocycles. The van der Waals surface area contributed by atoms with Crippen LogP contribution in [0.4, 0.5) is 16.3 Å². The minimum Gasteiger partial charge on any atom is -0.489 e. The standard InChI is InChI=1S/C20H20N4O5/c1-11(25)21-9-18-16-10-28-17-7-13(3-5-15(17)24(16)20(27)29-18)14-4-6-19(22-8-14)23-12(2)26/h3-8,16,18H,9-10H2,1-2H3,(H,21,25)(H,22,23,26)/t16-,18-/m0/s1. The molecule has 1 aromatic carbocycles. The third-order valence-electron chi connectivity index (χ3n) is 4.79. The van der Waals surface area contributed by atoms with Gasteiger partial charge in [-0.3, -0.25) is 14.5 Å². The smallest absolute Gasteiger partial charge is 0.415 e. The van der Waals surface area contributed by atoms with Gasteiger partial charge in [-0.15, -0.1) is 0 Å². The molecule has 3 amide bonds. The molecule has 0 unspecified atom stereocenters. The van der Waals surface area contributed by atoms with E-state index in [0.717, 1.165) is 11.1 Å². The Morgan fingerprint density at radius 2 is 1.97 bits per heavy atom. The highest BCUT2D eigenvalue weighted by Crippen LogP contribution is 2.40. The molecule has 2 aliphatic rings. The number of pyridine rings is 1. The van der Waals surface area contributed by atoms with Crippen LogP contribution in [0.2, 0.25) is 0 Å². The molecule has 0 spiro atoms. The molecule has 0 saturated carbocycles. The molecule has 1 saturated heterocycles. The summed E-state index contributed by atoms with van der Waals surface area (Å²) >= 11 is 0. The van der Waals surface area contributed by atoms with Gasteiger partial charge in [0.1, 0.15) is 30.3 Å². The Morgan fingerprint density at radius 3 is 2.66 bits per heavy atom. The summed E-state index contributed by atoms with van der Waals surface area (Å²) in [7, 11) is 0. The van der Waals surface area contributed by atoms with E-state index in [-0.39, 0.29) is 31.0 Å². The Labute approximate surface area is 167 Å². The third kappa shape index (κ3) is 3.71. The van der Waals surface area contributed by atoms with Crippen molar-refractivity contribution in [3.63, 3.8) is 0 Å². The highest BCUT2D eigenvalue weighted by molar-refractivity contribution is 5.94. The molecule has 150 valence electrons. The number of carbonyl (C=O) groups is 3. The van der Waals surface area contributed by atoms with Crippen LogP contribution in [-0.4, -0.2) is 48.2 Å². The van der Waals surface area contributed by atoms with Gasteiger partial charge >= 0.3 is 6.09 Å². The van der Waals surface area contributed by atoms with Gasteiger partial charge in [-0.2, -0.15) is 0 Å². The lowest BCUT2D eigenvalue weighted by Crippen LogP contribution is -2.47. The molecule has 2 N–H and O–H groups in total. The predicted octanol–water partition coefficient (Wildman–Crippen LogP) is 1.93. The fourth-order valence-corrected chi connectivity index (χ4v) is 3.45. The lowest BCUT2D eigenvalue weighted by molar-refractivity contribution is -0.119. The molecular weight excluding hydrogens is 376 g/mol. The largest absolute Gasteiger partial charge is 0.489 e. The number of hydrogen-bond acceptors (Lipinski definition) is 6. The molecule has 0 radical (unpaired) electrons. The number of hydrogen-bond donors (Lipinski definition) is 2. The van der Waals surface area contributed by atoms with Crippen molar-refractivity contribution >= 4 is 29.4 Å². The number of benzene rings is 1. The van der Waals surface area contributed by atoms with E-state index in [1.54, 1.807) is 23.2 Å². The van der Waals surface area contributed by atoms with Crippen LogP contribution in [0.5, 0.6) is 5.75 Å². The van der Waals surface area contributed by atoms with E-state index >= 15 is 0 Å². The Bertz CT molecular complexity index is 975. The van der Waals surface area contributed by atoms with Crippen molar-refractivity contribution in [1.82, 2.24) is 10.3 Å². The molecule has 9 heteroatoms. The van der Waals surface area contributed by atoms with E-state index in [2.05, 4.69) is 15.6 Å². The summed E-state index contributed by atoms with van der Waals surface area (Å²) in [5, 5.41) is 5.31. The first-order valence-corrected chi connectivity index (χ1v) is 9.17. The summed E-state index contributed by atoms with van der Waals surface area (Å²) in [4.78, 5) is 40.5. The van der Waals surface area contributed by atoms with Crippen LogP contribution in [-0.2, 0) is 14.3 Å². The van der Waals surface area contributed by atoms with E-state index in [1.165, 1.54) is 13.8 Å². The van der Waals surface area contributed by atoms with Gasteiger partial charge in [0.05, 0.1) is 12.2 Å². The van der Waals surface area contributed by atoms with Crippen molar-refractivity contribution in [2.75, 3.05) is 23.4 Å². The number of anilines is 2. The molecule has 0 aliphatic carbocycles. The average Bonchev–Trinajstić information content (AvgIpc) is 3.02. The Hall–Kier alpha value is -3.62. The lowest BCUT2D eigenvalue weighted by atomic mass is 10.0. The third-order valence-corrected chi connectivity index (χ3v) is 4.79. The first-order valence-electron chi connectivity index (χ1n) is 9.17. The average molecular weight is 396 g/mol. The second kappa shape index (κ2) is 7.42. The van der Waals surface area contributed by atoms with Crippen LogP contribution in [0.25, 0.3) is 11.1 Å². The molecule has 9 nitrogen and oxygen atoms in total. The van der Waals surface area contributed by atoms with Crippen LogP contribution in [0.3, 0.4) is 0 Å². The first kappa shape index (κ1) is 18.7. The molecule has 4 rings (SSSR count). The van der Waals surface area contributed by atoms with Gasteiger partial charge in [0.15, 0.2) is 0 Å². The highest BCUT2D eigenvalue weighted by Gasteiger charge is 2.46. The molecule has 3 heterocycles. The zero-order chi connectivity index (χ0) is 20.5. The monoisotopic (exact) mass is 396 g/mol. The van der Waals surface area contributed by atoms with Crippen LogP contribution >= 0.6 is 0 Å². The maximum Gasteiger partial charge on any atom is 0.415 e. The number of amides is 3. The fraction of sp³-hybridized carbons (Fsp3) is 0.300. The zero-order valence-electron chi connectivity index (χ0n) is 16.0. The van der Waals surface area contributed by atoms with Gasteiger partial charge < -0.3 is 20.1 Å². The molecule has 1 fully saturated rings. The summed E-state index contributed by atoms with van der Waals surface area (Å²) in [6.45, 7) is 3.35. The van der Waals surface area contributed by atoms with E-state index < -0.39 is 12.2 Å². The summed E-state index contributed by atoms with van der Waals surface area (Å²) in [6, 6.07) is 8.78. The number of ether oxygens (including phenoxy) is 2. The van der Waals surface area contributed by atoms with E-state index in [0.29, 0.717) is 17.3 Å². The normalized spacial score (nSPS) is 19.5. The van der Waals surface area contributed by atoms with Crippen LogP contribution in [0.15, 0.2) is 36.5 Å². The topological polar surface area (TPSA) is 110 Å². The molecular formula is C20H20N4O5. The minimum absolute atomic E-state index is 0.181. The highest BCUT2D eigenvalue weighted by atomic mass is 16.6. The predicted molar refractivity (Wildman–Crippen MR) is 105 cm³/mol. The number of aromatic nitrogens is 1. The molecule has 29 heavy (non-hydrogen) atoms. The Kier molecular flexibility index (Phi) is 4.79. The number of fused-ring (bicyclic) bond motifs is 3.